The maximum absolute atomic E-state index is 11.5. The molecule has 5 heteroatoms. The maximum Gasteiger partial charge on any atom is 0.325 e. The summed E-state index contributed by atoms with van der Waals surface area (Å²) in [5, 5.41) is 11.7. The molecule has 1 aliphatic heterocycles. The highest BCUT2D eigenvalue weighted by molar-refractivity contribution is 9.10. The second-order valence-electron chi connectivity index (χ2n) is 3.31. The van der Waals surface area contributed by atoms with Crippen molar-refractivity contribution >= 4 is 27.7 Å². The molecular formula is C10H8BrNO3. The van der Waals surface area contributed by atoms with Gasteiger partial charge in [-0.05, 0) is 23.8 Å². The van der Waals surface area contributed by atoms with E-state index >= 15 is 0 Å². The largest absolute Gasteiger partial charge is 0.480 e. The second-order valence-corrected chi connectivity index (χ2v) is 4.22. The third-order valence-corrected chi connectivity index (χ3v) is 2.83. The van der Waals surface area contributed by atoms with E-state index in [1.54, 1.807) is 18.2 Å². The van der Waals surface area contributed by atoms with Gasteiger partial charge in [-0.1, -0.05) is 15.9 Å². The van der Waals surface area contributed by atoms with Crippen LogP contribution in [-0.4, -0.2) is 23.4 Å². The number of carboxylic acids is 1. The lowest BCUT2D eigenvalue weighted by Gasteiger charge is -2.22. The van der Waals surface area contributed by atoms with Gasteiger partial charge in [0, 0.05) is 10.0 Å². The number of carboxylic acid groups (broad SMARTS) is 1. The van der Waals surface area contributed by atoms with Gasteiger partial charge in [0.1, 0.15) is 6.04 Å². The van der Waals surface area contributed by atoms with Gasteiger partial charge in [0.2, 0.25) is 0 Å². The Labute approximate surface area is 94.4 Å². The Morgan fingerprint density at radius 2 is 2.27 bits per heavy atom. The Morgan fingerprint density at radius 3 is 2.93 bits per heavy atom. The van der Waals surface area contributed by atoms with E-state index in [1.165, 1.54) is 0 Å². The lowest BCUT2D eigenvalue weighted by molar-refractivity contribution is -0.139. The summed E-state index contributed by atoms with van der Waals surface area (Å²) in [6, 6.07) is 4.26. The summed E-state index contributed by atoms with van der Waals surface area (Å²) in [6.07, 6.45) is 0. The molecule has 0 aromatic heterocycles. The van der Waals surface area contributed by atoms with Crippen molar-refractivity contribution in [3.05, 3.63) is 33.8 Å². The standard InChI is InChI=1S/C10H8BrNO3/c11-5-1-2-6-7(3-5)9(10(14)15)12-4-8(6)13/h1-3,9,12H,4H2,(H,14,15). The van der Waals surface area contributed by atoms with Crippen LogP contribution >= 0.6 is 15.9 Å². The summed E-state index contributed by atoms with van der Waals surface area (Å²) < 4.78 is 0.768. The number of hydrogen-bond acceptors (Lipinski definition) is 3. The highest BCUT2D eigenvalue weighted by Crippen LogP contribution is 2.26. The molecule has 0 saturated carbocycles. The van der Waals surface area contributed by atoms with E-state index in [-0.39, 0.29) is 12.3 Å². The quantitative estimate of drug-likeness (QED) is 0.808. The topological polar surface area (TPSA) is 66.4 Å². The fourth-order valence-electron chi connectivity index (χ4n) is 1.65. The van der Waals surface area contributed by atoms with Crippen LogP contribution in [0.4, 0.5) is 0 Å². The molecule has 0 fully saturated rings. The molecule has 2 rings (SSSR count). The van der Waals surface area contributed by atoms with E-state index < -0.39 is 12.0 Å². The van der Waals surface area contributed by atoms with Crippen molar-refractivity contribution in [1.82, 2.24) is 5.32 Å². The minimum Gasteiger partial charge on any atom is -0.480 e. The molecule has 1 unspecified atom stereocenters. The molecule has 1 atom stereocenters. The van der Waals surface area contributed by atoms with E-state index in [9.17, 15) is 9.59 Å². The van der Waals surface area contributed by atoms with Crippen molar-refractivity contribution in [2.75, 3.05) is 6.54 Å². The number of aliphatic carboxylic acids is 1. The molecule has 1 heterocycles. The minimum absolute atomic E-state index is 0.0741. The second kappa shape index (κ2) is 3.75. The van der Waals surface area contributed by atoms with Crippen LogP contribution in [0.25, 0.3) is 0 Å². The molecular weight excluding hydrogens is 262 g/mol. The lowest BCUT2D eigenvalue weighted by atomic mass is 9.94. The predicted octanol–water partition coefficient (Wildman–Crippen LogP) is 1.36. The van der Waals surface area contributed by atoms with Crippen LogP contribution in [-0.2, 0) is 4.79 Å². The van der Waals surface area contributed by atoms with Gasteiger partial charge in [-0.25, -0.2) is 0 Å². The first-order valence-corrected chi connectivity index (χ1v) is 5.18. The Bertz CT molecular complexity index is 444. The van der Waals surface area contributed by atoms with Crippen molar-refractivity contribution < 1.29 is 14.7 Å². The molecule has 78 valence electrons. The molecule has 0 bridgehead atoms. The number of carbonyl (C=O) groups is 2. The van der Waals surface area contributed by atoms with Crippen molar-refractivity contribution in [1.29, 1.82) is 0 Å². The zero-order valence-electron chi connectivity index (χ0n) is 7.66. The molecule has 15 heavy (non-hydrogen) atoms. The van der Waals surface area contributed by atoms with Crippen LogP contribution in [0.1, 0.15) is 22.0 Å². The number of hydrogen-bond donors (Lipinski definition) is 2. The normalized spacial score (nSPS) is 19.8. The molecule has 2 N–H and O–H groups in total. The third-order valence-electron chi connectivity index (χ3n) is 2.34. The van der Waals surface area contributed by atoms with Crippen LogP contribution < -0.4 is 5.32 Å². The van der Waals surface area contributed by atoms with Crippen LogP contribution in [0.5, 0.6) is 0 Å². The minimum atomic E-state index is -0.971. The summed E-state index contributed by atoms with van der Waals surface area (Å²) in [5.41, 5.74) is 1.01. The Balaban J connectivity index is 2.56. The van der Waals surface area contributed by atoms with E-state index in [0.717, 1.165) is 4.47 Å². The zero-order valence-corrected chi connectivity index (χ0v) is 9.24. The first kappa shape index (κ1) is 10.3. The molecule has 0 radical (unpaired) electrons. The van der Waals surface area contributed by atoms with Gasteiger partial charge in [0.25, 0.3) is 0 Å². The molecule has 0 saturated heterocycles. The number of Topliss-reactive ketones (excluding diaryl/α,β-unsaturated/α-hetero) is 1. The predicted molar refractivity (Wildman–Crippen MR) is 56.9 cm³/mol. The van der Waals surface area contributed by atoms with Crippen LogP contribution in [0.2, 0.25) is 0 Å². The highest BCUT2D eigenvalue weighted by Gasteiger charge is 2.29. The number of rotatable bonds is 1. The first-order chi connectivity index (χ1) is 7.09. The first-order valence-electron chi connectivity index (χ1n) is 4.38. The maximum atomic E-state index is 11.5. The monoisotopic (exact) mass is 269 g/mol. The SMILES string of the molecule is O=C1CNC(C(=O)O)c2cc(Br)ccc21. The van der Waals surface area contributed by atoms with Gasteiger partial charge in [-0.3, -0.25) is 14.9 Å². The van der Waals surface area contributed by atoms with E-state index in [1.807, 2.05) is 0 Å². The molecule has 1 aromatic carbocycles. The fraction of sp³-hybridized carbons (Fsp3) is 0.200. The van der Waals surface area contributed by atoms with E-state index in [2.05, 4.69) is 21.2 Å². The van der Waals surface area contributed by atoms with Gasteiger partial charge in [-0.15, -0.1) is 0 Å². The summed E-state index contributed by atoms with van der Waals surface area (Å²) in [7, 11) is 0. The van der Waals surface area contributed by atoms with Crippen molar-refractivity contribution in [3.63, 3.8) is 0 Å². The van der Waals surface area contributed by atoms with Crippen LogP contribution in [0.15, 0.2) is 22.7 Å². The summed E-state index contributed by atoms with van der Waals surface area (Å²) in [5.74, 6) is -1.04. The molecule has 0 aliphatic carbocycles. The van der Waals surface area contributed by atoms with Gasteiger partial charge in [0.15, 0.2) is 5.78 Å². The average molecular weight is 270 g/mol. The van der Waals surface area contributed by atoms with Gasteiger partial charge in [-0.2, -0.15) is 0 Å². The van der Waals surface area contributed by atoms with Crippen LogP contribution in [0, 0.1) is 0 Å². The lowest BCUT2D eigenvalue weighted by Crippen LogP contribution is -2.38. The Hall–Kier alpha value is -1.20. The fourth-order valence-corrected chi connectivity index (χ4v) is 2.03. The molecule has 1 aromatic rings. The van der Waals surface area contributed by atoms with Crippen molar-refractivity contribution in [3.8, 4) is 0 Å². The number of halogens is 1. The highest BCUT2D eigenvalue weighted by atomic mass is 79.9. The van der Waals surface area contributed by atoms with Crippen molar-refractivity contribution in [2.24, 2.45) is 0 Å². The summed E-state index contributed by atoms with van der Waals surface area (Å²) in [6.45, 7) is 0.0750. The molecule has 0 amide bonds. The molecule has 1 aliphatic rings. The van der Waals surface area contributed by atoms with E-state index in [0.29, 0.717) is 11.1 Å². The van der Waals surface area contributed by atoms with E-state index in [4.69, 9.17) is 5.11 Å². The third kappa shape index (κ3) is 1.80. The van der Waals surface area contributed by atoms with Crippen molar-refractivity contribution in [2.45, 2.75) is 6.04 Å². The number of benzene rings is 1. The van der Waals surface area contributed by atoms with Crippen LogP contribution in [0.3, 0.4) is 0 Å². The number of nitrogens with one attached hydrogen (secondary N) is 1. The zero-order chi connectivity index (χ0) is 11.0. The number of fused-ring (bicyclic) bond motifs is 1. The molecule has 4 nitrogen and oxygen atoms in total. The Kier molecular flexibility index (Phi) is 2.58. The summed E-state index contributed by atoms with van der Waals surface area (Å²) in [4.78, 5) is 22.4. The van der Waals surface area contributed by atoms with Gasteiger partial charge in [0.05, 0.1) is 6.54 Å². The number of carbonyl (C=O) groups excluding carboxylic acids is 1. The van der Waals surface area contributed by atoms with Gasteiger partial charge >= 0.3 is 5.97 Å². The molecule has 0 spiro atoms. The average Bonchev–Trinajstić information content (AvgIpc) is 2.17. The smallest absolute Gasteiger partial charge is 0.325 e. The summed E-state index contributed by atoms with van der Waals surface area (Å²) >= 11 is 3.25. The Morgan fingerprint density at radius 1 is 1.53 bits per heavy atom. The number of ketones is 1. The van der Waals surface area contributed by atoms with Gasteiger partial charge < -0.3 is 5.11 Å².